The van der Waals surface area contributed by atoms with Gasteiger partial charge in [-0.15, -0.1) is 0 Å². The molecule has 2 rings (SSSR count). The Bertz CT molecular complexity index is 638. The number of carboxylic acid groups (broad SMARTS) is 1. The number of nitrogens with zero attached hydrogens (tertiary/aromatic N) is 1. The fraction of sp³-hybridized carbons (Fsp3) is 0.235. The SMILES string of the molecule is C=C(Cn1ccc(-c2cccc(C(=O)O)c2)c1)C(C)C. The summed E-state index contributed by atoms with van der Waals surface area (Å²) in [6.07, 6.45) is 4.02. The molecule has 3 heteroatoms. The fourth-order valence-electron chi connectivity index (χ4n) is 1.96. The summed E-state index contributed by atoms with van der Waals surface area (Å²) < 4.78 is 2.07. The van der Waals surface area contributed by atoms with Crippen molar-refractivity contribution in [3.8, 4) is 11.1 Å². The zero-order valence-electron chi connectivity index (χ0n) is 11.8. The van der Waals surface area contributed by atoms with Gasteiger partial charge in [0.05, 0.1) is 5.56 Å². The summed E-state index contributed by atoms with van der Waals surface area (Å²) in [6.45, 7) is 9.11. The van der Waals surface area contributed by atoms with Crippen molar-refractivity contribution < 1.29 is 9.90 Å². The third-order valence-corrected chi connectivity index (χ3v) is 3.40. The van der Waals surface area contributed by atoms with E-state index in [9.17, 15) is 4.79 Å². The summed E-state index contributed by atoms with van der Waals surface area (Å²) in [6, 6.07) is 8.98. The van der Waals surface area contributed by atoms with Crippen molar-refractivity contribution in [1.29, 1.82) is 0 Å². The van der Waals surface area contributed by atoms with E-state index < -0.39 is 5.97 Å². The fourth-order valence-corrected chi connectivity index (χ4v) is 1.96. The Morgan fingerprint density at radius 3 is 2.70 bits per heavy atom. The highest BCUT2D eigenvalue weighted by atomic mass is 16.4. The zero-order valence-corrected chi connectivity index (χ0v) is 11.8. The second kappa shape index (κ2) is 5.78. The Balaban J connectivity index is 2.22. The minimum atomic E-state index is -0.903. The van der Waals surface area contributed by atoms with Crippen LogP contribution in [0.1, 0.15) is 24.2 Å². The second-order valence-corrected chi connectivity index (χ2v) is 5.27. The monoisotopic (exact) mass is 269 g/mol. The van der Waals surface area contributed by atoms with E-state index >= 15 is 0 Å². The number of hydrogen-bond donors (Lipinski definition) is 1. The topological polar surface area (TPSA) is 42.2 Å². The largest absolute Gasteiger partial charge is 0.478 e. The van der Waals surface area contributed by atoms with Gasteiger partial charge in [0, 0.05) is 18.9 Å². The summed E-state index contributed by atoms with van der Waals surface area (Å²) in [7, 11) is 0. The smallest absolute Gasteiger partial charge is 0.335 e. The molecule has 1 aromatic carbocycles. The standard InChI is InChI=1S/C17H19NO2/c1-12(2)13(3)10-18-8-7-16(11-18)14-5-4-6-15(9-14)17(19)20/h4-9,11-12H,3,10H2,1-2H3,(H,19,20). The van der Waals surface area contributed by atoms with Crippen LogP contribution in [0, 0.1) is 5.92 Å². The van der Waals surface area contributed by atoms with Crippen LogP contribution < -0.4 is 0 Å². The molecule has 0 amide bonds. The molecule has 0 radical (unpaired) electrons. The molecular weight excluding hydrogens is 250 g/mol. The lowest BCUT2D eigenvalue weighted by atomic mass is 10.1. The molecule has 0 unspecified atom stereocenters. The average molecular weight is 269 g/mol. The summed E-state index contributed by atoms with van der Waals surface area (Å²) in [5.41, 5.74) is 3.41. The minimum Gasteiger partial charge on any atom is -0.478 e. The summed E-state index contributed by atoms with van der Waals surface area (Å²) in [4.78, 5) is 11.0. The molecule has 0 saturated heterocycles. The second-order valence-electron chi connectivity index (χ2n) is 5.27. The van der Waals surface area contributed by atoms with Crippen LogP contribution in [0.3, 0.4) is 0 Å². The first-order valence-electron chi connectivity index (χ1n) is 6.64. The number of hydrogen-bond acceptors (Lipinski definition) is 1. The number of rotatable bonds is 5. The van der Waals surface area contributed by atoms with E-state index in [2.05, 4.69) is 25.0 Å². The van der Waals surface area contributed by atoms with E-state index in [4.69, 9.17) is 5.11 Å². The Morgan fingerprint density at radius 1 is 1.30 bits per heavy atom. The van der Waals surface area contributed by atoms with Gasteiger partial charge in [-0.3, -0.25) is 0 Å². The van der Waals surface area contributed by atoms with Gasteiger partial charge < -0.3 is 9.67 Å². The maximum absolute atomic E-state index is 11.0. The molecule has 1 heterocycles. The molecule has 0 spiro atoms. The van der Waals surface area contributed by atoms with Crippen molar-refractivity contribution in [2.75, 3.05) is 0 Å². The van der Waals surface area contributed by atoms with Crippen LogP contribution in [0.25, 0.3) is 11.1 Å². The first-order chi connectivity index (χ1) is 9.47. The predicted molar refractivity (Wildman–Crippen MR) is 80.8 cm³/mol. The molecule has 2 aromatic rings. The van der Waals surface area contributed by atoms with Gasteiger partial charge in [-0.25, -0.2) is 4.79 Å². The van der Waals surface area contributed by atoms with Crippen LogP contribution in [0.4, 0.5) is 0 Å². The number of aromatic carboxylic acids is 1. The van der Waals surface area contributed by atoms with Crippen molar-refractivity contribution in [3.05, 3.63) is 60.4 Å². The Labute approximate surface area is 119 Å². The highest BCUT2D eigenvalue weighted by Gasteiger charge is 2.07. The number of benzene rings is 1. The van der Waals surface area contributed by atoms with E-state index in [1.165, 1.54) is 5.57 Å². The minimum absolute atomic E-state index is 0.307. The van der Waals surface area contributed by atoms with E-state index in [1.54, 1.807) is 18.2 Å². The molecule has 0 bridgehead atoms. The van der Waals surface area contributed by atoms with Crippen molar-refractivity contribution in [2.24, 2.45) is 5.92 Å². The highest BCUT2D eigenvalue weighted by Crippen LogP contribution is 2.22. The quantitative estimate of drug-likeness (QED) is 0.831. The molecular formula is C17H19NO2. The van der Waals surface area contributed by atoms with Gasteiger partial charge in [0.1, 0.15) is 0 Å². The first kappa shape index (κ1) is 14.1. The van der Waals surface area contributed by atoms with Gasteiger partial charge in [-0.1, -0.05) is 38.1 Å². The van der Waals surface area contributed by atoms with Gasteiger partial charge >= 0.3 is 5.97 Å². The number of carbonyl (C=O) groups is 1. The van der Waals surface area contributed by atoms with Gasteiger partial charge in [0.2, 0.25) is 0 Å². The Morgan fingerprint density at radius 2 is 2.05 bits per heavy atom. The van der Waals surface area contributed by atoms with Crippen LogP contribution >= 0.6 is 0 Å². The third kappa shape index (κ3) is 3.18. The van der Waals surface area contributed by atoms with E-state index in [0.29, 0.717) is 11.5 Å². The molecule has 1 N–H and O–H groups in total. The van der Waals surface area contributed by atoms with Crippen LogP contribution in [0.15, 0.2) is 54.9 Å². The molecule has 1 aromatic heterocycles. The van der Waals surface area contributed by atoms with E-state index in [1.807, 2.05) is 24.5 Å². The summed E-state index contributed by atoms with van der Waals surface area (Å²) in [5, 5.41) is 9.02. The molecule has 104 valence electrons. The van der Waals surface area contributed by atoms with Crippen molar-refractivity contribution in [1.82, 2.24) is 4.57 Å². The maximum atomic E-state index is 11.0. The number of aromatic nitrogens is 1. The molecule has 20 heavy (non-hydrogen) atoms. The van der Waals surface area contributed by atoms with Crippen molar-refractivity contribution >= 4 is 5.97 Å². The molecule has 0 aliphatic heterocycles. The molecule has 0 saturated carbocycles. The van der Waals surface area contributed by atoms with Gasteiger partial charge in [-0.05, 0) is 35.2 Å². The van der Waals surface area contributed by atoms with Crippen LogP contribution in [-0.4, -0.2) is 15.6 Å². The predicted octanol–water partition coefficient (Wildman–Crippen LogP) is 4.07. The lowest BCUT2D eigenvalue weighted by molar-refractivity contribution is 0.0697. The highest BCUT2D eigenvalue weighted by molar-refractivity contribution is 5.89. The molecule has 0 atom stereocenters. The number of carboxylic acids is 1. The normalized spacial score (nSPS) is 10.8. The van der Waals surface area contributed by atoms with Crippen LogP contribution in [0.2, 0.25) is 0 Å². The zero-order chi connectivity index (χ0) is 14.7. The molecule has 0 fully saturated rings. The molecule has 0 aliphatic carbocycles. The van der Waals surface area contributed by atoms with Crippen LogP contribution in [-0.2, 0) is 6.54 Å². The lowest BCUT2D eigenvalue weighted by Crippen LogP contribution is -2.02. The number of allylic oxidation sites excluding steroid dienone is 1. The molecule has 3 nitrogen and oxygen atoms in total. The van der Waals surface area contributed by atoms with Crippen LogP contribution in [0.5, 0.6) is 0 Å². The van der Waals surface area contributed by atoms with Gasteiger partial charge in [0.15, 0.2) is 0 Å². The third-order valence-electron chi connectivity index (χ3n) is 3.40. The van der Waals surface area contributed by atoms with E-state index in [0.717, 1.165) is 17.7 Å². The van der Waals surface area contributed by atoms with Crippen molar-refractivity contribution in [2.45, 2.75) is 20.4 Å². The van der Waals surface area contributed by atoms with Crippen molar-refractivity contribution in [3.63, 3.8) is 0 Å². The van der Waals surface area contributed by atoms with Gasteiger partial charge in [-0.2, -0.15) is 0 Å². The summed E-state index contributed by atoms with van der Waals surface area (Å²) in [5.74, 6) is -0.448. The van der Waals surface area contributed by atoms with E-state index in [-0.39, 0.29) is 0 Å². The lowest BCUT2D eigenvalue weighted by Gasteiger charge is -2.10. The molecule has 0 aliphatic rings. The average Bonchev–Trinajstić information content (AvgIpc) is 2.87. The Hall–Kier alpha value is -2.29. The summed E-state index contributed by atoms with van der Waals surface area (Å²) >= 11 is 0. The Kier molecular flexibility index (Phi) is 4.08. The first-order valence-corrected chi connectivity index (χ1v) is 6.64. The maximum Gasteiger partial charge on any atom is 0.335 e. The van der Waals surface area contributed by atoms with Gasteiger partial charge in [0.25, 0.3) is 0 Å².